The van der Waals surface area contributed by atoms with E-state index >= 15 is 0 Å². The Labute approximate surface area is 96.4 Å². The zero-order valence-electron chi connectivity index (χ0n) is 8.24. The molecule has 1 fully saturated rings. The summed E-state index contributed by atoms with van der Waals surface area (Å²) >= 11 is 5.84. The molecule has 1 aliphatic rings. The predicted octanol–water partition coefficient (Wildman–Crippen LogP) is 4.02. The van der Waals surface area contributed by atoms with Crippen LogP contribution in [0.1, 0.15) is 24.0 Å². The quantitative estimate of drug-likeness (QED) is 0.655. The highest BCUT2D eigenvalue weighted by molar-refractivity contribution is 6.31. The molecule has 0 radical (unpaired) electrons. The van der Waals surface area contributed by atoms with Gasteiger partial charge in [-0.05, 0) is 25.0 Å². The van der Waals surface area contributed by atoms with Crippen LogP contribution in [-0.4, -0.2) is 0 Å². The van der Waals surface area contributed by atoms with E-state index in [1.165, 1.54) is 12.1 Å². The van der Waals surface area contributed by atoms with Gasteiger partial charge in [-0.15, -0.1) is 6.42 Å². The molecule has 0 bridgehead atoms. The van der Waals surface area contributed by atoms with Crippen molar-refractivity contribution in [1.29, 1.82) is 0 Å². The van der Waals surface area contributed by atoms with Crippen molar-refractivity contribution >= 4 is 11.6 Å². The van der Waals surface area contributed by atoms with E-state index in [0.717, 1.165) is 6.07 Å². The number of hydrogen-bond donors (Lipinski definition) is 0. The third-order valence-corrected chi connectivity index (χ3v) is 3.14. The Morgan fingerprint density at radius 1 is 1.31 bits per heavy atom. The molecule has 0 aliphatic heterocycles. The SMILES string of the molecule is C#CC1(c2c(Cl)cccc2C(F)(F)F)CC1. The fourth-order valence-electron chi connectivity index (χ4n) is 1.84. The molecule has 0 spiro atoms. The van der Waals surface area contributed by atoms with Gasteiger partial charge in [0.05, 0.1) is 11.0 Å². The second-order valence-electron chi connectivity index (χ2n) is 3.89. The number of halogens is 4. The summed E-state index contributed by atoms with van der Waals surface area (Å²) in [6.07, 6.45) is 2.03. The molecule has 0 unspecified atom stereocenters. The summed E-state index contributed by atoms with van der Waals surface area (Å²) in [7, 11) is 0. The molecule has 1 aliphatic carbocycles. The standard InChI is InChI=1S/C12H8ClF3/c1-2-11(6-7-11)10-8(12(14,15)16)4-3-5-9(10)13/h1,3-5H,6-7H2. The molecule has 0 heterocycles. The Morgan fingerprint density at radius 3 is 2.38 bits per heavy atom. The van der Waals surface area contributed by atoms with Crippen LogP contribution in [0.15, 0.2) is 18.2 Å². The summed E-state index contributed by atoms with van der Waals surface area (Å²) < 4.78 is 38.4. The van der Waals surface area contributed by atoms with Gasteiger partial charge >= 0.3 is 6.18 Å². The van der Waals surface area contributed by atoms with E-state index < -0.39 is 17.2 Å². The van der Waals surface area contributed by atoms with E-state index in [2.05, 4.69) is 5.92 Å². The molecule has 0 amide bonds. The average Bonchev–Trinajstić information content (AvgIpc) is 2.96. The van der Waals surface area contributed by atoms with E-state index in [0.29, 0.717) is 12.8 Å². The number of hydrogen-bond acceptors (Lipinski definition) is 0. The zero-order chi connectivity index (χ0) is 12.0. The van der Waals surface area contributed by atoms with Crippen molar-refractivity contribution in [2.45, 2.75) is 24.4 Å². The molecule has 2 rings (SSSR count). The van der Waals surface area contributed by atoms with Crippen LogP contribution in [0.4, 0.5) is 13.2 Å². The number of rotatable bonds is 1. The molecule has 16 heavy (non-hydrogen) atoms. The average molecular weight is 245 g/mol. The summed E-state index contributed by atoms with van der Waals surface area (Å²) in [5.41, 5.74) is -1.45. The minimum absolute atomic E-state index is 0.0617. The fraction of sp³-hybridized carbons (Fsp3) is 0.333. The van der Waals surface area contributed by atoms with E-state index in [9.17, 15) is 13.2 Å². The van der Waals surface area contributed by atoms with Crippen LogP contribution in [0, 0.1) is 12.3 Å². The topological polar surface area (TPSA) is 0 Å². The van der Waals surface area contributed by atoms with Crippen molar-refractivity contribution in [2.75, 3.05) is 0 Å². The molecule has 0 nitrogen and oxygen atoms in total. The maximum absolute atomic E-state index is 12.8. The lowest BCUT2D eigenvalue weighted by Gasteiger charge is -2.18. The van der Waals surface area contributed by atoms with Crippen molar-refractivity contribution < 1.29 is 13.2 Å². The zero-order valence-corrected chi connectivity index (χ0v) is 8.99. The minimum atomic E-state index is -4.41. The highest BCUT2D eigenvalue weighted by Gasteiger charge is 2.49. The maximum atomic E-state index is 12.8. The van der Waals surface area contributed by atoms with Crippen LogP contribution in [0.5, 0.6) is 0 Å². The van der Waals surface area contributed by atoms with Gasteiger partial charge in [0.1, 0.15) is 0 Å². The first kappa shape index (κ1) is 11.3. The lowest BCUT2D eigenvalue weighted by molar-refractivity contribution is -0.138. The largest absolute Gasteiger partial charge is 0.416 e. The smallest absolute Gasteiger partial charge is 0.166 e. The van der Waals surface area contributed by atoms with Crippen LogP contribution >= 0.6 is 11.6 Å². The molecular formula is C12H8ClF3. The summed E-state index contributed by atoms with van der Waals surface area (Å²) in [5.74, 6) is 2.44. The van der Waals surface area contributed by atoms with Crippen molar-refractivity contribution in [3.8, 4) is 12.3 Å². The van der Waals surface area contributed by atoms with Crippen molar-refractivity contribution in [3.63, 3.8) is 0 Å². The van der Waals surface area contributed by atoms with Crippen molar-refractivity contribution in [3.05, 3.63) is 34.3 Å². The van der Waals surface area contributed by atoms with E-state index in [1.54, 1.807) is 0 Å². The van der Waals surface area contributed by atoms with Gasteiger partial charge < -0.3 is 0 Å². The normalized spacial score (nSPS) is 17.9. The third kappa shape index (κ3) is 1.68. The Balaban J connectivity index is 2.65. The molecule has 84 valence electrons. The van der Waals surface area contributed by atoms with Gasteiger partial charge in [-0.2, -0.15) is 13.2 Å². The third-order valence-electron chi connectivity index (χ3n) is 2.82. The summed E-state index contributed by atoms with van der Waals surface area (Å²) in [6, 6.07) is 3.77. The second kappa shape index (κ2) is 3.43. The molecule has 4 heteroatoms. The van der Waals surface area contributed by atoms with Crippen molar-refractivity contribution in [1.82, 2.24) is 0 Å². The van der Waals surface area contributed by atoms with Crippen LogP contribution in [0.3, 0.4) is 0 Å². The maximum Gasteiger partial charge on any atom is 0.416 e. The molecule has 1 aromatic rings. The van der Waals surface area contributed by atoms with E-state index in [4.69, 9.17) is 18.0 Å². The predicted molar refractivity (Wildman–Crippen MR) is 56.2 cm³/mol. The number of terminal acetylenes is 1. The summed E-state index contributed by atoms with van der Waals surface area (Å²) in [5, 5.41) is 0.102. The monoisotopic (exact) mass is 244 g/mol. The van der Waals surface area contributed by atoms with Crippen molar-refractivity contribution in [2.24, 2.45) is 0 Å². The van der Waals surface area contributed by atoms with E-state index in [1.807, 2.05) is 0 Å². The van der Waals surface area contributed by atoms with Gasteiger partial charge in [0.15, 0.2) is 0 Å². The van der Waals surface area contributed by atoms with Gasteiger partial charge in [-0.1, -0.05) is 23.6 Å². The minimum Gasteiger partial charge on any atom is -0.166 e. The Hall–Kier alpha value is -1.14. The first-order valence-corrected chi connectivity index (χ1v) is 5.12. The van der Waals surface area contributed by atoms with Gasteiger partial charge in [-0.3, -0.25) is 0 Å². The lowest BCUT2D eigenvalue weighted by atomic mass is 9.91. The molecule has 0 N–H and O–H groups in total. The summed E-state index contributed by atoms with van der Waals surface area (Å²) in [6.45, 7) is 0. The van der Waals surface area contributed by atoms with Gasteiger partial charge in [0.2, 0.25) is 0 Å². The van der Waals surface area contributed by atoms with Gasteiger partial charge in [0.25, 0.3) is 0 Å². The van der Waals surface area contributed by atoms with Crippen LogP contribution in [0.25, 0.3) is 0 Å². The number of benzene rings is 1. The molecule has 1 saturated carbocycles. The molecule has 1 aromatic carbocycles. The first-order chi connectivity index (χ1) is 7.41. The Kier molecular flexibility index (Phi) is 2.43. The second-order valence-corrected chi connectivity index (χ2v) is 4.29. The van der Waals surface area contributed by atoms with Crippen LogP contribution < -0.4 is 0 Å². The van der Waals surface area contributed by atoms with E-state index in [-0.39, 0.29) is 10.6 Å². The first-order valence-electron chi connectivity index (χ1n) is 4.75. The highest BCUT2D eigenvalue weighted by Crippen LogP contribution is 2.53. The Morgan fingerprint density at radius 2 is 1.94 bits per heavy atom. The Bertz CT molecular complexity index is 464. The molecular weight excluding hydrogens is 237 g/mol. The van der Waals surface area contributed by atoms with Gasteiger partial charge in [-0.25, -0.2) is 0 Å². The van der Waals surface area contributed by atoms with Crippen LogP contribution in [-0.2, 0) is 11.6 Å². The summed E-state index contributed by atoms with van der Waals surface area (Å²) in [4.78, 5) is 0. The fourth-order valence-corrected chi connectivity index (χ4v) is 2.19. The molecule has 0 atom stereocenters. The van der Waals surface area contributed by atoms with Gasteiger partial charge in [0, 0.05) is 10.6 Å². The number of alkyl halides is 3. The molecule has 0 aromatic heterocycles. The molecule has 0 saturated heterocycles. The van der Waals surface area contributed by atoms with Crippen LogP contribution in [0.2, 0.25) is 5.02 Å². The lowest BCUT2D eigenvalue weighted by Crippen LogP contribution is -2.15. The highest BCUT2D eigenvalue weighted by atomic mass is 35.5.